The van der Waals surface area contributed by atoms with Gasteiger partial charge in [-0.1, -0.05) is 29.8 Å². The van der Waals surface area contributed by atoms with Crippen LogP contribution in [0.25, 0.3) is 11.2 Å². The highest BCUT2D eigenvalue weighted by molar-refractivity contribution is 6.31. The third kappa shape index (κ3) is 2.81. The summed E-state index contributed by atoms with van der Waals surface area (Å²) in [7, 11) is 0. The average molecular weight is 348 g/mol. The molecule has 1 saturated heterocycles. The third-order valence-corrected chi connectivity index (χ3v) is 4.38. The summed E-state index contributed by atoms with van der Waals surface area (Å²) >= 11 is 6.15. The highest BCUT2D eigenvalue weighted by atomic mass is 35.5. The van der Waals surface area contributed by atoms with Crippen LogP contribution in [0.1, 0.15) is 24.6 Å². The van der Waals surface area contributed by atoms with Crippen LogP contribution in [0.15, 0.2) is 30.6 Å². The lowest BCUT2D eigenvalue weighted by Gasteiger charge is -2.12. The lowest BCUT2D eigenvalue weighted by atomic mass is 10.2. The van der Waals surface area contributed by atoms with Gasteiger partial charge in [0.2, 0.25) is 0 Å². The van der Waals surface area contributed by atoms with Crippen LogP contribution in [-0.4, -0.2) is 26.1 Å². The van der Waals surface area contributed by atoms with Crippen LogP contribution in [0.2, 0.25) is 5.02 Å². The first-order chi connectivity index (χ1) is 11.7. The van der Waals surface area contributed by atoms with Crippen molar-refractivity contribution >= 4 is 28.6 Å². The molecule has 24 heavy (non-hydrogen) atoms. The maximum atomic E-state index is 13.9. The summed E-state index contributed by atoms with van der Waals surface area (Å²) in [5.74, 6) is 0.342. The molecule has 1 aliphatic rings. The van der Waals surface area contributed by atoms with Gasteiger partial charge in [-0.05, 0) is 24.5 Å². The molecule has 4 rings (SSSR count). The standard InChI is InChI=1S/C16H15ClFN5O/c17-11-5-2-1-4-10(11)8-19-14-13-15(22-16(18)21-14)23(9-20-13)12-6-3-7-24-12/h1-2,4-5,9,12H,3,6-8H2,(H,19,21,22). The molecule has 1 aromatic carbocycles. The van der Waals surface area contributed by atoms with Gasteiger partial charge in [0, 0.05) is 18.2 Å². The minimum Gasteiger partial charge on any atom is -0.364 e. The molecule has 1 N–H and O–H groups in total. The Hall–Kier alpha value is -2.25. The quantitative estimate of drug-likeness (QED) is 0.731. The number of rotatable bonds is 4. The Morgan fingerprint density at radius 3 is 3.00 bits per heavy atom. The predicted octanol–water partition coefficient (Wildman–Crippen LogP) is 3.54. The molecule has 0 saturated carbocycles. The fourth-order valence-electron chi connectivity index (χ4n) is 2.82. The molecule has 3 heterocycles. The minimum absolute atomic E-state index is 0.152. The second-order valence-corrected chi connectivity index (χ2v) is 5.99. The van der Waals surface area contributed by atoms with Crippen LogP contribution in [0.5, 0.6) is 0 Å². The summed E-state index contributed by atoms with van der Waals surface area (Å²) in [6, 6.07) is 7.46. The van der Waals surface area contributed by atoms with Gasteiger partial charge in [-0.25, -0.2) is 4.98 Å². The number of benzene rings is 1. The summed E-state index contributed by atoms with van der Waals surface area (Å²) in [6.07, 6.45) is 2.49. The fourth-order valence-corrected chi connectivity index (χ4v) is 3.03. The predicted molar refractivity (Wildman–Crippen MR) is 88.3 cm³/mol. The fraction of sp³-hybridized carbons (Fsp3) is 0.312. The molecule has 1 atom stereocenters. The smallest absolute Gasteiger partial charge is 0.312 e. The van der Waals surface area contributed by atoms with Crippen molar-refractivity contribution in [2.24, 2.45) is 0 Å². The van der Waals surface area contributed by atoms with Gasteiger partial charge in [0.1, 0.15) is 6.23 Å². The highest BCUT2D eigenvalue weighted by Crippen LogP contribution is 2.28. The van der Waals surface area contributed by atoms with Gasteiger partial charge in [-0.15, -0.1) is 0 Å². The zero-order valence-corrected chi connectivity index (χ0v) is 13.5. The molecule has 6 nitrogen and oxygen atoms in total. The number of hydrogen-bond donors (Lipinski definition) is 1. The van der Waals surface area contributed by atoms with E-state index in [-0.39, 0.29) is 6.23 Å². The van der Waals surface area contributed by atoms with E-state index in [0.717, 1.165) is 18.4 Å². The van der Waals surface area contributed by atoms with Crippen LogP contribution in [0.4, 0.5) is 10.2 Å². The van der Waals surface area contributed by atoms with Crippen molar-refractivity contribution in [3.8, 4) is 0 Å². The number of hydrogen-bond acceptors (Lipinski definition) is 5. The second-order valence-electron chi connectivity index (χ2n) is 5.58. The van der Waals surface area contributed by atoms with Crippen molar-refractivity contribution in [2.45, 2.75) is 25.6 Å². The summed E-state index contributed by atoms with van der Waals surface area (Å²) in [5, 5.41) is 3.74. The molecular formula is C16H15ClFN5O. The zero-order chi connectivity index (χ0) is 16.5. The van der Waals surface area contributed by atoms with Gasteiger partial charge in [0.25, 0.3) is 0 Å². The van der Waals surface area contributed by atoms with Crippen molar-refractivity contribution in [1.29, 1.82) is 0 Å². The van der Waals surface area contributed by atoms with Crippen molar-refractivity contribution in [2.75, 3.05) is 11.9 Å². The van der Waals surface area contributed by atoms with E-state index in [1.807, 2.05) is 18.2 Å². The van der Waals surface area contributed by atoms with E-state index in [9.17, 15) is 4.39 Å². The van der Waals surface area contributed by atoms with Gasteiger partial charge in [0.15, 0.2) is 17.0 Å². The number of ether oxygens (including phenoxy) is 1. The lowest BCUT2D eigenvalue weighted by Crippen LogP contribution is -2.09. The van der Waals surface area contributed by atoms with Crippen LogP contribution < -0.4 is 5.32 Å². The Bertz CT molecular complexity index is 878. The first kappa shape index (κ1) is 15.3. The third-order valence-electron chi connectivity index (χ3n) is 4.01. The Morgan fingerprint density at radius 1 is 1.33 bits per heavy atom. The number of imidazole rings is 1. The molecule has 8 heteroatoms. The van der Waals surface area contributed by atoms with Gasteiger partial charge in [0.05, 0.1) is 6.33 Å². The zero-order valence-electron chi connectivity index (χ0n) is 12.7. The van der Waals surface area contributed by atoms with E-state index in [0.29, 0.717) is 35.2 Å². The molecular weight excluding hydrogens is 333 g/mol. The molecule has 3 aromatic rings. The lowest BCUT2D eigenvalue weighted by molar-refractivity contribution is 0.0592. The molecule has 0 spiro atoms. The molecule has 124 valence electrons. The number of fused-ring (bicyclic) bond motifs is 1. The Morgan fingerprint density at radius 2 is 2.21 bits per heavy atom. The molecule has 2 aromatic heterocycles. The Labute approximate surface area is 142 Å². The first-order valence-electron chi connectivity index (χ1n) is 7.71. The summed E-state index contributed by atoms with van der Waals surface area (Å²) in [6.45, 7) is 1.10. The monoisotopic (exact) mass is 347 g/mol. The van der Waals surface area contributed by atoms with E-state index in [4.69, 9.17) is 16.3 Å². The summed E-state index contributed by atoms with van der Waals surface area (Å²) in [5.41, 5.74) is 1.83. The average Bonchev–Trinajstić information content (AvgIpc) is 3.22. The second kappa shape index (κ2) is 6.33. The van der Waals surface area contributed by atoms with Gasteiger partial charge >= 0.3 is 6.08 Å². The van der Waals surface area contributed by atoms with Gasteiger partial charge in [-0.3, -0.25) is 4.57 Å². The summed E-state index contributed by atoms with van der Waals surface area (Å²) < 4.78 is 21.3. The molecule has 1 fully saturated rings. The van der Waals surface area contributed by atoms with Crippen LogP contribution in [0, 0.1) is 6.08 Å². The van der Waals surface area contributed by atoms with Crippen molar-refractivity contribution in [3.05, 3.63) is 47.3 Å². The normalized spacial score (nSPS) is 17.5. The number of aromatic nitrogens is 4. The molecule has 0 bridgehead atoms. The van der Waals surface area contributed by atoms with Gasteiger partial charge < -0.3 is 10.1 Å². The number of halogens is 2. The molecule has 0 aliphatic carbocycles. The Balaban J connectivity index is 1.66. The largest absolute Gasteiger partial charge is 0.364 e. The number of nitrogens with zero attached hydrogens (tertiary/aromatic N) is 4. The van der Waals surface area contributed by atoms with Crippen LogP contribution in [0.3, 0.4) is 0 Å². The number of nitrogens with one attached hydrogen (secondary N) is 1. The van der Waals surface area contributed by atoms with Crippen molar-refractivity contribution in [1.82, 2.24) is 19.5 Å². The van der Waals surface area contributed by atoms with Crippen LogP contribution in [-0.2, 0) is 11.3 Å². The van der Waals surface area contributed by atoms with Crippen molar-refractivity contribution < 1.29 is 9.13 Å². The molecule has 1 unspecified atom stereocenters. The minimum atomic E-state index is -0.802. The number of anilines is 1. The van der Waals surface area contributed by atoms with E-state index in [2.05, 4.69) is 20.3 Å². The van der Waals surface area contributed by atoms with E-state index in [1.54, 1.807) is 17.0 Å². The maximum Gasteiger partial charge on any atom is 0.312 e. The van der Waals surface area contributed by atoms with Crippen molar-refractivity contribution in [3.63, 3.8) is 0 Å². The topological polar surface area (TPSA) is 64.9 Å². The van der Waals surface area contributed by atoms with E-state index >= 15 is 0 Å². The Kier molecular flexibility index (Phi) is 4.03. The first-order valence-corrected chi connectivity index (χ1v) is 8.09. The van der Waals surface area contributed by atoms with Crippen LogP contribution >= 0.6 is 11.6 Å². The molecule has 1 aliphatic heterocycles. The highest BCUT2D eigenvalue weighted by Gasteiger charge is 2.22. The SMILES string of the molecule is Fc1nc(NCc2ccccc2Cl)c2ncn(C3CCCO3)c2n1. The molecule has 0 amide bonds. The van der Waals surface area contributed by atoms with Gasteiger partial charge in [-0.2, -0.15) is 14.4 Å². The maximum absolute atomic E-state index is 13.9. The molecule has 0 radical (unpaired) electrons. The summed E-state index contributed by atoms with van der Waals surface area (Å²) in [4.78, 5) is 12.1. The van der Waals surface area contributed by atoms with E-state index in [1.165, 1.54) is 0 Å². The van der Waals surface area contributed by atoms with E-state index < -0.39 is 6.08 Å².